The maximum atomic E-state index is 12.8. The van der Waals surface area contributed by atoms with Crippen molar-refractivity contribution in [3.05, 3.63) is 58.9 Å². The number of fused-ring (bicyclic) bond motifs is 1. The van der Waals surface area contributed by atoms with Crippen molar-refractivity contribution < 1.29 is 9.53 Å². The number of ether oxygens (including phenoxy) is 1. The zero-order chi connectivity index (χ0) is 21.0. The third kappa shape index (κ3) is 4.91. The SMILES string of the molecule is CCCCN(C)C(=O)Cn1c(C(C)Oc2ccc(Cl)c(C)c2)nc2ccccc21. The fourth-order valence-electron chi connectivity index (χ4n) is 3.29. The van der Waals surface area contributed by atoms with Crippen molar-refractivity contribution >= 4 is 28.5 Å². The van der Waals surface area contributed by atoms with Crippen molar-refractivity contribution in [1.29, 1.82) is 0 Å². The van der Waals surface area contributed by atoms with Gasteiger partial charge in [0, 0.05) is 18.6 Å². The van der Waals surface area contributed by atoms with E-state index >= 15 is 0 Å². The summed E-state index contributed by atoms with van der Waals surface area (Å²) in [7, 11) is 1.85. The van der Waals surface area contributed by atoms with Gasteiger partial charge in [0.15, 0.2) is 11.9 Å². The number of amides is 1. The van der Waals surface area contributed by atoms with Gasteiger partial charge in [-0.15, -0.1) is 0 Å². The minimum atomic E-state index is -0.322. The molecular weight excluding hydrogens is 386 g/mol. The Hall–Kier alpha value is -2.53. The van der Waals surface area contributed by atoms with E-state index in [2.05, 4.69) is 6.92 Å². The first kappa shape index (κ1) is 21.2. The van der Waals surface area contributed by atoms with Gasteiger partial charge in [0.25, 0.3) is 0 Å². The zero-order valence-corrected chi connectivity index (χ0v) is 18.2. The van der Waals surface area contributed by atoms with Crippen molar-refractivity contribution in [2.24, 2.45) is 0 Å². The van der Waals surface area contributed by atoms with E-state index in [0.29, 0.717) is 5.02 Å². The van der Waals surface area contributed by atoms with E-state index in [1.807, 2.05) is 67.9 Å². The molecule has 2 aromatic carbocycles. The Morgan fingerprint density at radius 2 is 2.03 bits per heavy atom. The second kappa shape index (κ2) is 9.31. The number of benzene rings is 2. The van der Waals surface area contributed by atoms with Crippen LogP contribution in [0.3, 0.4) is 0 Å². The molecule has 0 spiro atoms. The number of likely N-dealkylation sites (N-methyl/N-ethyl adjacent to an activating group) is 1. The molecule has 1 unspecified atom stereocenters. The molecule has 0 saturated heterocycles. The van der Waals surface area contributed by atoms with Crippen LogP contribution in [0.4, 0.5) is 0 Å². The van der Waals surface area contributed by atoms with E-state index in [0.717, 1.165) is 47.6 Å². The topological polar surface area (TPSA) is 47.4 Å². The van der Waals surface area contributed by atoms with Crippen molar-refractivity contribution in [2.45, 2.75) is 46.3 Å². The Kier molecular flexibility index (Phi) is 6.80. The van der Waals surface area contributed by atoms with Crippen LogP contribution in [-0.2, 0) is 11.3 Å². The smallest absolute Gasteiger partial charge is 0.242 e. The monoisotopic (exact) mass is 413 g/mol. The number of rotatable bonds is 8. The average Bonchev–Trinajstić information content (AvgIpc) is 3.07. The first-order chi connectivity index (χ1) is 13.9. The van der Waals surface area contributed by atoms with E-state index in [-0.39, 0.29) is 18.6 Å². The van der Waals surface area contributed by atoms with Gasteiger partial charge in [-0.3, -0.25) is 4.79 Å². The molecule has 3 aromatic rings. The molecule has 0 bridgehead atoms. The Morgan fingerprint density at radius 3 is 2.76 bits per heavy atom. The molecule has 0 aliphatic rings. The number of unbranched alkanes of at least 4 members (excludes halogenated alkanes) is 1. The molecule has 29 heavy (non-hydrogen) atoms. The molecule has 0 fully saturated rings. The summed E-state index contributed by atoms with van der Waals surface area (Å²) >= 11 is 6.12. The molecule has 154 valence electrons. The lowest BCUT2D eigenvalue weighted by Crippen LogP contribution is -2.31. The summed E-state index contributed by atoms with van der Waals surface area (Å²) in [6, 6.07) is 13.5. The second-order valence-corrected chi connectivity index (χ2v) is 7.79. The summed E-state index contributed by atoms with van der Waals surface area (Å²) in [6.45, 7) is 7.01. The second-order valence-electron chi connectivity index (χ2n) is 7.38. The van der Waals surface area contributed by atoms with E-state index in [1.54, 1.807) is 4.90 Å². The molecule has 1 heterocycles. The Morgan fingerprint density at radius 1 is 1.28 bits per heavy atom. The van der Waals surface area contributed by atoms with Crippen molar-refractivity contribution in [3.8, 4) is 5.75 Å². The fraction of sp³-hybridized carbons (Fsp3) is 0.391. The molecule has 0 aliphatic carbocycles. The molecule has 1 aromatic heterocycles. The molecule has 1 atom stereocenters. The molecule has 0 radical (unpaired) electrons. The van der Waals surface area contributed by atoms with Crippen molar-refractivity contribution in [2.75, 3.05) is 13.6 Å². The van der Waals surface area contributed by atoms with Gasteiger partial charge >= 0.3 is 0 Å². The number of hydrogen-bond acceptors (Lipinski definition) is 3. The molecule has 5 nitrogen and oxygen atoms in total. The van der Waals surface area contributed by atoms with Crippen LogP contribution in [-0.4, -0.2) is 34.0 Å². The van der Waals surface area contributed by atoms with E-state index in [1.165, 1.54) is 0 Å². The summed E-state index contributed by atoms with van der Waals surface area (Å²) in [4.78, 5) is 19.3. The highest BCUT2D eigenvalue weighted by Gasteiger charge is 2.21. The van der Waals surface area contributed by atoms with Gasteiger partial charge in [0.1, 0.15) is 12.3 Å². The maximum Gasteiger partial charge on any atom is 0.242 e. The number of aryl methyl sites for hydroxylation is 1. The van der Waals surface area contributed by atoms with Crippen LogP contribution in [0.2, 0.25) is 5.02 Å². The number of carbonyl (C=O) groups excluding carboxylic acids is 1. The van der Waals surface area contributed by atoms with Gasteiger partial charge in [-0.2, -0.15) is 0 Å². The third-order valence-electron chi connectivity index (χ3n) is 5.06. The van der Waals surface area contributed by atoms with Gasteiger partial charge in [-0.1, -0.05) is 37.1 Å². The average molecular weight is 414 g/mol. The van der Waals surface area contributed by atoms with Crippen LogP contribution >= 0.6 is 11.6 Å². The maximum absolute atomic E-state index is 12.8. The van der Waals surface area contributed by atoms with Crippen LogP contribution in [0.5, 0.6) is 5.75 Å². The Labute approximate surface area is 177 Å². The van der Waals surface area contributed by atoms with Crippen LogP contribution in [0, 0.1) is 6.92 Å². The first-order valence-corrected chi connectivity index (χ1v) is 10.4. The molecule has 3 rings (SSSR count). The fourth-order valence-corrected chi connectivity index (χ4v) is 3.41. The summed E-state index contributed by atoms with van der Waals surface area (Å²) in [5.74, 6) is 1.53. The number of para-hydroxylation sites is 2. The normalized spacial score (nSPS) is 12.2. The van der Waals surface area contributed by atoms with Gasteiger partial charge in [-0.05, 0) is 56.2 Å². The summed E-state index contributed by atoms with van der Waals surface area (Å²) in [6.07, 6.45) is 1.73. The highest BCUT2D eigenvalue weighted by Crippen LogP contribution is 2.27. The van der Waals surface area contributed by atoms with Gasteiger partial charge in [0.2, 0.25) is 5.91 Å². The molecule has 6 heteroatoms. The standard InChI is InChI=1S/C23H28ClN3O2/c1-5-6-13-26(4)22(28)15-27-21-10-8-7-9-20(21)25-23(27)17(3)29-18-11-12-19(24)16(2)14-18/h7-12,14,17H,5-6,13,15H2,1-4H3. The highest BCUT2D eigenvalue weighted by atomic mass is 35.5. The van der Waals surface area contributed by atoms with E-state index in [9.17, 15) is 4.79 Å². The molecule has 1 amide bonds. The van der Waals surface area contributed by atoms with Crippen LogP contribution in [0.25, 0.3) is 11.0 Å². The van der Waals surface area contributed by atoms with Crippen molar-refractivity contribution in [1.82, 2.24) is 14.5 Å². The number of nitrogens with zero attached hydrogens (tertiary/aromatic N) is 3. The van der Waals surface area contributed by atoms with Gasteiger partial charge in [-0.25, -0.2) is 4.98 Å². The quantitative estimate of drug-likeness (QED) is 0.497. The largest absolute Gasteiger partial charge is 0.483 e. The molecule has 0 aliphatic heterocycles. The first-order valence-electron chi connectivity index (χ1n) is 10.0. The number of halogens is 1. The summed E-state index contributed by atoms with van der Waals surface area (Å²) < 4.78 is 8.11. The predicted octanol–water partition coefficient (Wildman–Crippen LogP) is 5.40. The van der Waals surface area contributed by atoms with Crippen molar-refractivity contribution in [3.63, 3.8) is 0 Å². The minimum absolute atomic E-state index is 0.0670. The van der Waals surface area contributed by atoms with Crippen LogP contribution in [0.1, 0.15) is 44.2 Å². The van der Waals surface area contributed by atoms with Gasteiger partial charge in [0.05, 0.1) is 11.0 Å². The molecule has 0 saturated carbocycles. The van der Waals surface area contributed by atoms with Gasteiger partial charge < -0.3 is 14.2 Å². The summed E-state index contributed by atoms with van der Waals surface area (Å²) in [5.41, 5.74) is 2.74. The number of aromatic nitrogens is 2. The van der Waals surface area contributed by atoms with Crippen LogP contribution in [0.15, 0.2) is 42.5 Å². The van der Waals surface area contributed by atoms with Crippen LogP contribution < -0.4 is 4.74 Å². The predicted molar refractivity (Wildman–Crippen MR) is 118 cm³/mol. The zero-order valence-electron chi connectivity index (χ0n) is 17.5. The lowest BCUT2D eigenvalue weighted by Gasteiger charge is -2.20. The number of carbonyl (C=O) groups is 1. The molecular formula is C23H28ClN3O2. The van der Waals surface area contributed by atoms with E-state index < -0.39 is 0 Å². The van der Waals surface area contributed by atoms with E-state index in [4.69, 9.17) is 21.3 Å². The lowest BCUT2D eigenvalue weighted by atomic mass is 10.2. The number of imidazole rings is 1. The molecule has 0 N–H and O–H groups in total. The number of hydrogen-bond donors (Lipinski definition) is 0. The minimum Gasteiger partial charge on any atom is -0.483 e. The Balaban J connectivity index is 1.89. The Bertz CT molecular complexity index is 999. The summed E-state index contributed by atoms with van der Waals surface area (Å²) in [5, 5.41) is 0.706. The lowest BCUT2D eigenvalue weighted by molar-refractivity contribution is -0.130. The highest BCUT2D eigenvalue weighted by molar-refractivity contribution is 6.31. The third-order valence-corrected chi connectivity index (χ3v) is 5.48.